The van der Waals surface area contributed by atoms with Crippen molar-refractivity contribution in [2.45, 2.75) is 51.5 Å². The molecule has 1 aliphatic heterocycles. The van der Waals surface area contributed by atoms with Gasteiger partial charge in [-0.3, -0.25) is 0 Å². The van der Waals surface area contributed by atoms with Gasteiger partial charge in [0.1, 0.15) is 0 Å². The number of nitrogens with two attached hydrogens (primary N) is 1. The Hall–Kier alpha value is -0.0800. The van der Waals surface area contributed by atoms with E-state index >= 15 is 0 Å². The first kappa shape index (κ1) is 11.4. The molecule has 2 rings (SSSR count). The van der Waals surface area contributed by atoms with Crippen molar-refractivity contribution in [2.24, 2.45) is 23.5 Å². The maximum absolute atomic E-state index is 6.56. The molecular weight excluding hydrogens is 186 g/mol. The number of rotatable bonds is 1. The van der Waals surface area contributed by atoms with Gasteiger partial charge in [0.2, 0.25) is 0 Å². The highest BCUT2D eigenvalue weighted by Gasteiger charge is 2.39. The predicted octanol–water partition coefficient (Wildman–Crippen LogP) is 2.57. The lowest BCUT2D eigenvalue weighted by atomic mass is 9.66. The maximum Gasteiger partial charge on any atom is 0.0483 e. The number of ether oxygens (including phenoxy) is 1. The fourth-order valence-corrected chi connectivity index (χ4v) is 3.23. The molecule has 2 fully saturated rings. The standard InChI is InChI=1S/C13H25NO/c1-10-3-4-12(9-11(10)2)13(14)5-7-15-8-6-13/h10-12H,3-9,14H2,1-2H3. The average Bonchev–Trinajstić information content (AvgIpc) is 2.23. The minimum Gasteiger partial charge on any atom is -0.381 e. The molecule has 0 spiro atoms. The highest BCUT2D eigenvalue weighted by atomic mass is 16.5. The summed E-state index contributed by atoms with van der Waals surface area (Å²) in [5.74, 6) is 2.49. The van der Waals surface area contributed by atoms with E-state index in [2.05, 4.69) is 13.8 Å². The topological polar surface area (TPSA) is 35.2 Å². The molecule has 0 aromatic rings. The van der Waals surface area contributed by atoms with Crippen molar-refractivity contribution < 1.29 is 4.74 Å². The fourth-order valence-electron chi connectivity index (χ4n) is 3.23. The number of hydrogen-bond donors (Lipinski definition) is 1. The van der Waals surface area contributed by atoms with Gasteiger partial charge in [-0.05, 0) is 43.4 Å². The van der Waals surface area contributed by atoms with E-state index in [9.17, 15) is 0 Å². The molecule has 0 bridgehead atoms. The van der Waals surface area contributed by atoms with Crippen LogP contribution in [-0.4, -0.2) is 18.8 Å². The van der Waals surface area contributed by atoms with Crippen LogP contribution in [0.1, 0.15) is 46.0 Å². The van der Waals surface area contributed by atoms with Crippen LogP contribution in [0.3, 0.4) is 0 Å². The fraction of sp³-hybridized carbons (Fsp3) is 1.00. The molecule has 0 aromatic carbocycles. The van der Waals surface area contributed by atoms with Crippen LogP contribution in [0.2, 0.25) is 0 Å². The minimum atomic E-state index is 0.0899. The Morgan fingerprint density at radius 1 is 1.07 bits per heavy atom. The molecule has 15 heavy (non-hydrogen) atoms. The molecule has 0 radical (unpaired) electrons. The smallest absolute Gasteiger partial charge is 0.0483 e. The second-order valence-electron chi connectivity index (χ2n) is 5.81. The summed E-state index contributed by atoms with van der Waals surface area (Å²) in [5, 5.41) is 0. The van der Waals surface area contributed by atoms with Gasteiger partial charge >= 0.3 is 0 Å². The third-order valence-corrected chi connectivity index (χ3v) is 4.83. The molecule has 0 aromatic heterocycles. The zero-order valence-corrected chi connectivity index (χ0v) is 10.2. The van der Waals surface area contributed by atoms with E-state index in [0.29, 0.717) is 0 Å². The summed E-state index contributed by atoms with van der Waals surface area (Å²) < 4.78 is 5.42. The maximum atomic E-state index is 6.56. The van der Waals surface area contributed by atoms with Crippen molar-refractivity contribution in [2.75, 3.05) is 13.2 Å². The Kier molecular flexibility index (Phi) is 3.36. The van der Waals surface area contributed by atoms with Crippen molar-refractivity contribution in [3.05, 3.63) is 0 Å². The van der Waals surface area contributed by atoms with Gasteiger partial charge in [-0.15, -0.1) is 0 Å². The lowest BCUT2D eigenvalue weighted by Crippen LogP contribution is -2.52. The molecule has 0 amide bonds. The Morgan fingerprint density at radius 3 is 2.33 bits per heavy atom. The molecular formula is C13H25NO. The van der Waals surface area contributed by atoms with E-state index in [0.717, 1.165) is 43.8 Å². The lowest BCUT2D eigenvalue weighted by Gasteiger charge is -2.45. The van der Waals surface area contributed by atoms with Crippen molar-refractivity contribution in [1.29, 1.82) is 0 Å². The Morgan fingerprint density at radius 2 is 1.73 bits per heavy atom. The van der Waals surface area contributed by atoms with Crippen LogP contribution >= 0.6 is 0 Å². The van der Waals surface area contributed by atoms with Gasteiger partial charge in [-0.25, -0.2) is 0 Å². The summed E-state index contributed by atoms with van der Waals surface area (Å²) in [6.45, 7) is 6.52. The third kappa shape index (κ3) is 2.36. The SMILES string of the molecule is CC1CCC(C2(N)CCOCC2)CC1C. The van der Waals surface area contributed by atoms with Gasteiger partial charge < -0.3 is 10.5 Å². The van der Waals surface area contributed by atoms with E-state index in [1.807, 2.05) is 0 Å². The Labute approximate surface area is 93.6 Å². The monoisotopic (exact) mass is 211 g/mol. The molecule has 2 heteroatoms. The first-order valence-electron chi connectivity index (χ1n) is 6.48. The molecule has 1 aliphatic carbocycles. The lowest BCUT2D eigenvalue weighted by molar-refractivity contribution is 0.0109. The van der Waals surface area contributed by atoms with Gasteiger partial charge in [0.05, 0.1) is 0 Å². The van der Waals surface area contributed by atoms with Crippen LogP contribution in [0.15, 0.2) is 0 Å². The van der Waals surface area contributed by atoms with E-state index in [-0.39, 0.29) is 5.54 Å². The summed E-state index contributed by atoms with van der Waals surface area (Å²) in [4.78, 5) is 0. The first-order chi connectivity index (χ1) is 7.12. The summed E-state index contributed by atoms with van der Waals surface area (Å²) in [6, 6.07) is 0. The highest BCUT2D eigenvalue weighted by Crippen LogP contribution is 2.41. The predicted molar refractivity (Wildman–Crippen MR) is 62.6 cm³/mol. The summed E-state index contributed by atoms with van der Waals surface area (Å²) >= 11 is 0. The molecule has 2 aliphatic rings. The van der Waals surface area contributed by atoms with E-state index in [1.54, 1.807) is 0 Å². The van der Waals surface area contributed by atoms with Crippen LogP contribution in [0, 0.1) is 17.8 Å². The van der Waals surface area contributed by atoms with Gasteiger partial charge in [0.25, 0.3) is 0 Å². The summed E-state index contributed by atoms with van der Waals surface area (Å²) in [7, 11) is 0. The van der Waals surface area contributed by atoms with E-state index in [4.69, 9.17) is 10.5 Å². The quantitative estimate of drug-likeness (QED) is 0.723. The van der Waals surface area contributed by atoms with Gasteiger partial charge in [-0.1, -0.05) is 20.3 Å². The molecule has 3 atom stereocenters. The molecule has 1 heterocycles. The molecule has 1 saturated heterocycles. The first-order valence-corrected chi connectivity index (χ1v) is 6.48. The summed E-state index contributed by atoms with van der Waals surface area (Å²) in [5.41, 5.74) is 6.65. The zero-order chi connectivity index (χ0) is 10.9. The third-order valence-electron chi connectivity index (χ3n) is 4.83. The Bertz CT molecular complexity index is 211. The van der Waals surface area contributed by atoms with Crippen LogP contribution < -0.4 is 5.73 Å². The van der Waals surface area contributed by atoms with Gasteiger partial charge in [-0.2, -0.15) is 0 Å². The molecule has 88 valence electrons. The van der Waals surface area contributed by atoms with Gasteiger partial charge in [0, 0.05) is 18.8 Å². The normalized spacial score (nSPS) is 41.4. The Balaban J connectivity index is 1.97. The second kappa shape index (κ2) is 4.42. The van der Waals surface area contributed by atoms with Crippen molar-refractivity contribution in [3.8, 4) is 0 Å². The molecule has 2 nitrogen and oxygen atoms in total. The van der Waals surface area contributed by atoms with Crippen molar-refractivity contribution in [3.63, 3.8) is 0 Å². The van der Waals surface area contributed by atoms with E-state index in [1.165, 1.54) is 19.3 Å². The van der Waals surface area contributed by atoms with Crippen LogP contribution in [-0.2, 0) is 4.74 Å². The van der Waals surface area contributed by atoms with Crippen molar-refractivity contribution in [1.82, 2.24) is 0 Å². The summed E-state index contributed by atoms with van der Waals surface area (Å²) in [6.07, 6.45) is 6.17. The highest BCUT2D eigenvalue weighted by molar-refractivity contribution is 4.95. The molecule has 2 N–H and O–H groups in total. The average molecular weight is 211 g/mol. The van der Waals surface area contributed by atoms with Crippen LogP contribution in [0.25, 0.3) is 0 Å². The molecule has 3 unspecified atom stereocenters. The number of hydrogen-bond acceptors (Lipinski definition) is 2. The zero-order valence-electron chi connectivity index (χ0n) is 10.2. The van der Waals surface area contributed by atoms with Gasteiger partial charge in [0.15, 0.2) is 0 Å². The van der Waals surface area contributed by atoms with Crippen LogP contribution in [0.5, 0.6) is 0 Å². The van der Waals surface area contributed by atoms with Crippen molar-refractivity contribution >= 4 is 0 Å². The molecule has 1 saturated carbocycles. The van der Waals surface area contributed by atoms with E-state index < -0.39 is 0 Å². The largest absolute Gasteiger partial charge is 0.381 e. The van der Waals surface area contributed by atoms with Crippen LogP contribution in [0.4, 0.5) is 0 Å². The minimum absolute atomic E-state index is 0.0899. The second-order valence-corrected chi connectivity index (χ2v) is 5.81.